The summed E-state index contributed by atoms with van der Waals surface area (Å²) in [6.45, 7) is 0.408. The molecule has 0 saturated carbocycles. The minimum Gasteiger partial charge on any atom is -0.344 e. The van der Waals surface area contributed by atoms with Crippen molar-refractivity contribution in [3.63, 3.8) is 0 Å². The molecule has 2 N–H and O–H groups in total. The van der Waals surface area contributed by atoms with Crippen molar-refractivity contribution in [2.24, 2.45) is 0 Å². The van der Waals surface area contributed by atoms with Crippen LogP contribution < -0.4 is 10.2 Å². The van der Waals surface area contributed by atoms with E-state index in [1.165, 1.54) is 11.0 Å². The molecule has 1 unspecified atom stereocenters. The lowest BCUT2D eigenvalue weighted by atomic mass is 10.2. The molecule has 0 radical (unpaired) electrons. The van der Waals surface area contributed by atoms with Crippen molar-refractivity contribution < 1.29 is 14.5 Å². The van der Waals surface area contributed by atoms with E-state index in [2.05, 4.69) is 5.32 Å². The van der Waals surface area contributed by atoms with Crippen molar-refractivity contribution in [2.75, 3.05) is 39.5 Å². The molecule has 2 amide bonds. The van der Waals surface area contributed by atoms with Gasteiger partial charge < -0.3 is 15.1 Å². The Kier molecular flexibility index (Phi) is 6.15. The third-order valence-electron chi connectivity index (χ3n) is 2.79. The maximum atomic E-state index is 11.9. The quantitative estimate of drug-likeness (QED) is 0.787. The number of carbonyl (C=O) groups is 2. The smallest absolute Gasteiger partial charge is 0.279 e. The molecule has 7 heteroatoms. The molecule has 0 fully saturated rings. The lowest BCUT2D eigenvalue weighted by Crippen LogP contribution is -3.11. The molecule has 0 saturated heterocycles. The minimum atomic E-state index is -0.222. The molecule has 6 nitrogen and oxygen atoms in total. The first-order valence-corrected chi connectivity index (χ1v) is 6.72. The lowest BCUT2D eigenvalue weighted by molar-refractivity contribution is -0.862. The van der Waals surface area contributed by atoms with Crippen LogP contribution in [-0.4, -0.2) is 50.9 Å². The molecule has 0 aliphatic rings. The van der Waals surface area contributed by atoms with Crippen LogP contribution in [0.25, 0.3) is 0 Å². The molecule has 1 aromatic carbocycles. The van der Waals surface area contributed by atoms with Gasteiger partial charge >= 0.3 is 0 Å². The Morgan fingerprint density at radius 3 is 2.57 bits per heavy atom. The number of amides is 2. The van der Waals surface area contributed by atoms with E-state index in [1.807, 2.05) is 6.07 Å². The molecule has 0 aliphatic carbocycles. The molecule has 0 aliphatic heterocycles. The van der Waals surface area contributed by atoms with Gasteiger partial charge in [-0.15, -0.1) is 0 Å². The van der Waals surface area contributed by atoms with Crippen LogP contribution in [0.3, 0.4) is 0 Å². The van der Waals surface area contributed by atoms with Crippen molar-refractivity contribution in [3.05, 3.63) is 28.8 Å². The molecule has 1 rings (SSSR count). The third kappa shape index (κ3) is 5.42. The topological polar surface area (TPSA) is 77.6 Å². The lowest BCUT2D eigenvalue weighted by Gasteiger charge is -2.16. The second kappa shape index (κ2) is 7.62. The summed E-state index contributed by atoms with van der Waals surface area (Å²) in [5.74, 6) is -0.262. The average Bonchev–Trinajstić information content (AvgIpc) is 2.38. The monoisotopic (exact) mass is 309 g/mol. The van der Waals surface area contributed by atoms with Crippen LogP contribution in [0, 0.1) is 11.3 Å². The molecular weight excluding hydrogens is 292 g/mol. The van der Waals surface area contributed by atoms with Gasteiger partial charge in [-0.2, -0.15) is 5.26 Å². The van der Waals surface area contributed by atoms with Gasteiger partial charge in [0.05, 0.1) is 17.6 Å². The van der Waals surface area contributed by atoms with Crippen LogP contribution in [0.1, 0.15) is 5.56 Å². The molecule has 0 aromatic heterocycles. The van der Waals surface area contributed by atoms with E-state index in [1.54, 1.807) is 33.3 Å². The van der Waals surface area contributed by atoms with E-state index in [0.717, 1.165) is 4.90 Å². The first kappa shape index (κ1) is 17.0. The zero-order valence-electron chi connectivity index (χ0n) is 12.2. The van der Waals surface area contributed by atoms with Gasteiger partial charge in [-0.05, 0) is 18.2 Å². The summed E-state index contributed by atoms with van der Waals surface area (Å²) < 4.78 is 0. The molecule has 0 spiro atoms. The summed E-state index contributed by atoms with van der Waals surface area (Å²) in [5.41, 5.74) is 0.879. The van der Waals surface area contributed by atoms with E-state index in [0.29, 0.717) is 16.3 Å². The van der Waals surface area contributed by atoms with Crippen LogP contribution in [0.5, 0.6) is 0 Å². The highest BCUT2D eigenvalue weighted by atomic mass is 35.5. The summed E-state index contributed by atoms with van der Waals surface area (Å²) >= 11 is 5.89. The molecular formula is C14H18ClN4O2+. The number of likely N-dealkylation sites (N-methyl/N-ethyl adjacent to an activating group) is 2. The standard InChI is InChI=1S/C14H17ClN4O2/c1-18(2)14(21)9-19(3)8-13(20)17-11-5-4-10(7-16)12(15)6-11/h4-6H,8-9H2,1-3H3,(H,17,20)/p+1. The number of nitrogens with one attached hydrogen (secondary N) is 2. The first-order valence-electron chi connectivity index (χ1n) is 6.34. The Morgan fingerprint density at radius 1 is 1.38 bits per heavy atom. The maximum absolute atomic E-state index is 11.9. The highest BCUT2D eigenvalue weighted by molar-refractivity contribution is 6.32. The van der Waals surface area contributed by atoms with Crippen LogP contribution >= 0.6 is 11.6 Å². The normalized spacial score (nSPS) is 11.4. The highest BCUT2D eigenvalue weighted by Gasteiger charge is 2.15. The Labute approximate surface area is 128 Å². The van der Waals surface area contributed by atoms with E-state index in [-0.39, 0.29) is 24.9 Å². The minimum absolute atomic E-state index is 0.0401. The summed E-state index contributed by atoms with van der Waals surface area (Å²) in [4.78, 5) is 25.7. The summed E-state index contributed by atoms with van der Waals surface area (Å²) in [6.07, 6.45) is 0. The second-order valence-corrected chi connectivity index (χ2v) is 5.36. The largest absolute Gasteiger partial charge is 0.344 e. The number of hydrogen-bond acceptors (Lipinski definition) is 3. The van der Waals surface area contributed by atoms with Gasteiger partial charge in [0, 0.05) is 19.8 Å². The zero-order valence-corrected chi connectivity index (χ0v) is 13.0. The van der Waals surface area contributed by atoms with E-state index < -0.39 is 0 Å². The zero-order chi connectivity index (χ0) is 16.0. The number of hydrogen-bond donors (Lipinski definition) is 2. The first-order chi connectivity index (χ1) is 9.83. The Balaban J connectivity index is 2.56. The Bertz CT molecular complexity index is 581. The fourth-order valence-corrected chi connectivity index (χ4v) is 1.86. The van der Waals surface area contributed by atoms with Gasteiger partial charge in [-0.1, -0.05) is 11.6 Å². The third-order valence-corrected chi connectivity index (χ3v) is 3.10. The molecule has 0 bridgehead atoms. The molecule has 21 heavy (non-hydrogen) atoms. The van der Waals surface area contributed by atoms with Gasteiger partial charge in [0.2, 0.25) is 0 Å². The van der Waals surface area contributed by atoms with E-state index in [9.17, 15) is 9.59 Å². The molecule has 0 heterocycles. The predicted molar refractivity (Wildman–Crippen MR) is 80.1 cm³/mol. The number of carbonyl (C=O) groups excluding carboxylic acids is 2. The van der Waals surface area contributed by atoms with Crippen molar-refractivity contribution in [3.8, 4) is 6.07 Å². The van der Waals surface area contributed by atoms with Crippen LogP contribution in [-0.2, 0) is 9.59 Å². The van der Waals surface area contributed by atoms with Crippen LogP contribution in [0.2, 0.25) is 5.02 Å². The summed E-state index contributed by atoms with van der Waals surface area (Å²) in [5, 5.41) is 11.8. The number of nitriles is 1. The number of quaternary nitrogens is 1. The number of halogens is 1. The fraction of sp³-hybridized carbons (Fsp3) is 0.357. The maximum Gasteiger partial charge on any atom is 0.279 e. The number of benzene rings is 1. The molecule has 112 valence electrons. The predicted octanol–water partition coefficient (Wildman–Crippen LogP) is -0.247. The van der Waals surface area contributed by atoms with Crippen molar-refractivity contribution in [2.45, 2.75) is 0 Å². The van der Waals surface area contributed by atoms with Gasteiger partial charge in [0.1, 0.15) is 6.07 Å². The number of nitrogens with zero attached hydrogens (tertiary/aromatic N) is 2. The fourth-order valence-electron chi connectivity index (χ4n) is 1.64. The van der Waals surface area contributed by atoms with Gasteiger partial charge in [-0.25, -0.2) is 0 Å². The molecule has 1 atom stereocenters. The van der Waals surface area contributed by atoms with Crippen molar-refractivity contribution >= 4 is 29.1 Å². The van der Waals surface area contributed by atoms with Crippen LogP contribution in [0.15, 0.2) is 18.2 Å². The van der Waals surface area contributed by atoms with E-state index in [4.69, 9.17) is 16.9 Å². The highest BCUT2D eigenvalue weighted by Crippen LogP contribution is 2.19. The van der Waals surface area contributed by atoms with Gasteiger partial charge in [0.25, 0.3) is 11.8 Å². The Morgan fingerprint density at radius 2 is 2.05 bits per heavy atom. The van der Waals surface area contributed by atoms with E-state index >= 15 is 0 Å². The van der Waals surface area contributed by atoms with Crippen molar-refractivity contribution in [1.29, 1.82) is 5.26 Å². The number of rotatable bonds is 5. The Hall–Kier alpha value is -2.10. The van der Waals surface area contributed by atoms with Gasteiger partial charge in [-0.3, -0.25) is 9.59 Å². The SMILES string of the molecule is CN(C)C(=O)C[NH+](C)CC(=O)Nc1ccc(C#N)c(Cl)c1. The van der Waals surface area contributed by atoms with Gasteiger partial charge in [0.15, 0.2) is 13.1 Å². The number of anilines is 1. The van der Waals surface area contributed by atoms with Crippen molar-refractivity contribution in [1.82, 2.24) is 4.90 Å². The summed E-state index contributed by atoms with van der Waals surface area (Å²) in [6, 6.07) is 6.63. The average molecular weight is 310 g/mol. The molecule has 1 aromatic rings. The second-order valence-electron chi connectivity index (χ2n) is 4.95. The summed E-state index contributed by atoms with van der Waals surface area (Å²) in [7, 11) is 5.12. The van der Waals surface area contributed by atoms with Crippen LogP contribution in [0.4, 0.5) is 5.69 Å².